The van der Waals surface area contributed by atoms with Crippen molar-refractivity contribution in [2.45, 2.75) is 39.0 Å². The molecule has 82 valence electrons. The molecule has 0 unspecified atom stereocenters. The molecule has 0 radical (unpaired) electrons. The summed E-state index contributed by atoms with van der Waals surface area (Å²) in [6, 6.07) is 0. The first-order chi connectivity index (χ1) is 7.27. The van der Waals surface area contributed by atoms with Gasteiger partial charge in [-0.15, -0.1) is 0 Å². The fourth-order valence-corrected chi connectivity index (χ4v) is 3.60. The van der Waals surface area contributed by atoms with Crippen LogP contribution in [0.4, 0.5) is 5.13 Å². The van der Waals surface area contributed by atoms with E-state index >= 15 is 0 Å². The molecule has 1 saturated heterocycles. The molecule has 1 aromatic heterocycles. The first-order valence-corrected chi connectivity index (χ1v) is 6.60. The minimum absolute atomic E-state index is 0.651. The topological polar surface area (TPSA) is 29.0 Å². The highest BCUT2D eigenvalue weighted by atomic mass is 32.1. The molecule has 1 spiro atoms. The van der Waals surface area contributed by atoms with Crippen LogP contribution in [0, 0.1) is 12.3 Å². The van der Waals surface area contributed by atoms with Crippen molar-refractivity contribution >= 4 is 16.7 Å². The van der Waals surface area contributed by atoms with Crippen molar-refractivity contribution in [3.63, 3.8) is 0 Å². The van der Waals surface area contributed by atoms with Gasteiger partial charge in [-0.25, -0.2) is 4.98 Å². The van der Waals surface area contributed by atoms with Gasteiger partial charge in [0.1, 0.15) is 5.82 Å². The second-order valence-electron chi connectivity index (χ2n) is 5.04. The van der Waals surface area contributed by atoms with E-state index in [2.05, 4.69) is 14.3 Å². The van der Waals surface area contributed by atoms with Crippen LogP contribution in [-0.4, -0.2) is 22.4 Å². The molecule has 0 N–H and O–H groups in total. The Hall–Kier alpha value is -0.640. The summed E-state index contributed by atoms with van der Waals surface area (Å²) in [5.74, 6) is 0.916. The smallest absolute Gasteiger partial charge is 0.205 e. The molecule has 4 heteroatoms. The average Bonchev–Trinajstić information content (AvgIpc) is 2.62. The third-order valence-corrected chi connectivity index (χ3v) is 4.62. The Morgan fingerprint density at radius 2 is 1.93 bits per heavy atom. The van der Waals surface area contributed by atoms with E-state index in [4.69, 9.17) is 0 Å². The first kappa shape index (κ1) is 9.58. The lowest BCUT2D eigenvalue weighted by molar-refractivity contribution is 0.139. The first-order valence-electron chi connectivity index (χ1n) is 5.83. The summed E-state index contributed by atoms with van der Waals surface area (Å²) in [5, 5.41) is 1.13. The zero-order valence-electron chi connectivity index (χ0n) is 9.20. The molecule has 2 heterocycles. The lowest BCUT2D eigenvalue weighted by atomic mass is 9.69. The largest absolute Gasteiger partial charge is 0.346 e. The molecular weight excluding hydrogens is 206 g/mol. The van der Waals surface area contributed by atoms with E-state index in [0.29, 0.717) is 5.41 Å². The Balaban J connectivity index is 1.65. The molecule has 0 atom stereocenters. The van der Waals surface area contributed by atoms with Crippen LogP contribution in [0.2, 0.25) is 0 Å². The highest BCUT2D eigenvalue weighted by molar-refractivity contribution is 7.09. The minimum Gasteiger partial charge on any atom is -0.346 e. The SMILES string of the molecule is Cc1nsc(N2CC3(CCCCC3)C2)n1. The predicted molar refractivity (Wildman–Crippen MR) is 62.4 cm³/mol. The van der Waals surface area contributed by atoms with Crippen LogP contribution in [0.3, 0.4) is 0 Å². The number of hydrogen-bond acceptors (Lipinski definition) is 4. The Kier molecular flexibility index (Phi) is 2.20. The highest BCUT2D eigenvalue weighted by Gasteiger charge is 2.44. The Morgan fingerprint density at radius 1 is 1.20 bits per heavy atom. The van der Waals surface area contributed by atoms with E-state index < -0.39 is 0 Å². The Labute approximate surface area is 94.7 Å². The molecule has 1 aliphatic heterocycles. The molecule has 15 heavy (non-hydrogen) atoms. The number of aryl methyl sites for hydroxylation is 1. The molecule has 2 fully saturated rings. The van der Waals surface area contributed by atoms with Gasteiger partial charge in [0.2, 0.25) is 5.13 Å². The van der Waals surface area contributed by atoms with Crippen LogP contribution in [0.1, 0.15) is 37.9 Å². The van der Waals surface area contributed by atoms with Gasteiger partial charge in [0.05, 0.1) is 0 Å². The summed E-state index contributed by atoms with van der Waals surface area (Å²) in [4.78, 5) is 6.84. The van der Waals surface area contributed by atoms with Gasteiger partial charge in [0, 0.05) is 30.0 Å². The van der Waals surface area contributed by atoms with E-state index in [1.165, 1.54) is 45.2 Å². The molecule has 3 rings (SSSR count). The standard InChI is InChI=1S/C11H17N3S/c1-9-12-10(15-13-9)14-7-11(8-14)5-3-2-4-6-11/h2-8H2,1H3. The van der Waals surface area contributed by atoms with E-state index in [-0.39, 0.29) is 0 Å². The van der Waals surface area contributed by atoms with Crippen LogP contribution in [0.5, 0.6) is 0 Å². The van der Waals surface area contributed by atoms with Crippen LogP contribution >= 0.6 is 11.5 Å². The molecule has 3 nitrogen and oxygen atoms in total. The number of anilines is 1. The van der Waals surface area contributed by atoms with E-state index in [1.54, 1.807) is 11.5 Å². The number of nitrogens with zero attached hydrogens (tertiary/aromatic N) is 3. The minimum atomic E-state index is 0.651. The third-order valence-electron chi connectivity index (χ3n) is 3.75. The maximum absolute atomic E-state index is 4.44. The summed E-state index contributed by atoms with van der Waals surface area (Å²) in [6.45, 7) is 4.42. The number of rotatable bonds is 1. The average molecular weight is 223 g/mol. The van der Waals surface area contributed by atoms with Crippen molar-refractivity contribution in [3.8, 4) is 0 Å². The van der Waals surface area contributed by atoms with Gasteiger partial charge >= 0.3 is 0 Å². The van der Waals surface area contributed by atoms with Gasteiger partial charge in [-0.05, 0) is 19.8 Å². The molecule has 1 aliphatic carbocycles. The van der Waals surface area contributed by atoms with Crippen LogP contribution in [-0.2, 0) is 0 Å². The molecule has 2 aliphatic rings. The Bertz CT molecular complexity index is 346. The van der Waals surface area contributed by atoms with Gasteiger partial charge in [0.15, 0.2) is 0 Å². The van der Waals surface area contributed by atoms with E-state index in [9.17, 15) is 0 Å². The van der Waals surface area contributed by atoms with Gasteiger partial charge in [-0.2, -0.15) is 4.37 Å². The third kappa shape index (κ3) is 1.65. The van der Waals surface area contributed by atoms with Crippen molar-refractivity contribution in [3.05, 3.63) is 5.82 Å². The maximum Gasteiger partial charge on any atom is 0.205 e. The lowest BCUT2D eigenvalue weighted by Gasteiger charge is -2.52. The zero-order chi connectivity index (χ0) is 10.3. The number of hydrogen-bond donors (Lipinski definition) is 0. The molecule has 1 saturated carbocycles. The quantitative estimate of drug-likeness (QED) is 0.733. The second kappa shape index (κ2) is 3.44. The Morgan fingerprint density at radius 3 is 2.53 bits per heavy atom. The van der Waals surface area contributed by atoms with Crippen molar-refractivity contribution in [2.75, 3.05) is 18.0 Å². The van der Waals surface area contributed by atoms with Crippen molar-refractivity contribution in [1.29, 1.82) is 0 Å². The van der Waals surface area contributed by atoms with Crippen molar-refractivity contribution in [2.24, 2.45) is 5.41 Å². The van der Waals surface area contributed by atoms with Gasteiger partial charge in [-0.1, -0.05) is 19.3 Å². The molecular formula is C11H17N3S. The van der Waals surface area contributed by atoms with Crippen molar-refractivity contribution < 1.29 is 0 Å². The predicted octanol–water partition coefficient (Wildman–Crippen LogP) is 2.62. The fraction of sp³-hybridized carbons (Fsp3) is 0.818. The van der Waals surface area contributed by atoms with Crippen molar-refractivity contribution in [1.82, 2.24) is 9.36 Å². The highest BCUT2D eigenvalue weighted by Crippen LogP contribution is 2.45. The number of aromatic nitrogens is 2. The van der Waals surface area contributed by atoms with E-state index in [1.807, 2.05) is 6.92 Å². The van der Waals surface area contributed by atoms with Gasteiger partial charge in [0.25, 0.3) is 0 Å². The fourth-order valence-electron chi connectivity index (χ4n) is 2.93. The summed E-state index contributed by atoms with van der Waals surface area (Å²) >= 11 is 1.55. The summed E-state index contributed by atoms with van der Waals surface area (Å²) in [5.41, 5.74) is 0.651. The van der Waals surface area contributed by atoms with Crippen LogP contribution < -0.4 is 4.90 Å². The monoisotopic (exact) mass is 223 g/mol. The summed E-state index contributed by atoms with van der Waals surface area (Å²) in [6.07, 6.45) is 7.17. The molecule has 0 amide bonds. The normalized spacial score (nSPS) is 24.2. The second-order valence-corrected chi connectivity index (χ2v) is 5.77. The summed E-state index contributed by atoms with van der Waals surface area (Å²) < 4.78 is 4.24. The molecule has 0 aromatic carbocycles. The molecule has 1 aromatic rings. The van der Waals surface area contributed by atoms with Crippen LogP contribution in [0.25, 0.3) is 0 Å². The maximum atomic E-state index is 4.44. The molecule has 0 bridgehead atoms. The summed E-state index contributed by atoms with van der Waals surface area (Å²) in [7, 11) is 0. The lowest BCUT2D eigenvalue weighted by Crippen LogP contribution is -2.57. The van der Waals surface area contributed by atoms with Crippen LogP contribution in [0.15, 0.2) is 0 Å². The van der Waals surface area contributed by atoms with E-state index in [0.717, 1.165) is 11.0 Å². The zero-order valence-corrected chi connectivity index (χ0v) is 10.0. The van der Waals surface area contributed by atoms with Gasteiger partial charge in [-0.3, -0.25) is 0 Å². The van der Waals surface area contributed by atoms with Gasteiger partial charge < -0.3 is 4.90 Å².